The second-order valence-corrected chi connectivity index (χ2v) is 3.16. The lowest BCUT2D eigenvalue weighted by atomic mass is 10.0. The molecule has 2 nitrogen and oxygen atoms in total. The van der Waals surface area contributed by atoms with Crippen molar-refractivity contribution in [1.82, 2.24) is 0 Å². The lowest BCUT2D eigenvalue weighted by molar-refractivity contribution is 0.101. The molecule has 0 heterocycles. The highest BCUT2D eigenvalue weighted by Crippen LogP contribution is 2.24. The molecule has 0 fully saturated rings. The maximum absolute atomic E-state index is 11.2. The Morgan fingerprint density at radius 3 is 2.62 bits per heavy atom. The SMILES string of the molecule is CC(=O)c1c(C)ccc(C#N)c1Cl. The molecule has 0 spiro atoms. The van der Waals surface area contributed by atoms with Gasteiger partial charge in [-0.05, 0) is 25.5 Å². The predicted octanol–water partition coefficient (Wildman–Crippen LogP) is 2.72. The van der Waals surface area contributed by atoms with Gasteiger partial charge in [-0.25, -0.2) is 0 Å². The summed E-state index contributed by atoms with van der Waals surface area (Å²) in [6, 6.07) is 5.27. The van der Waals surface area contributed by atoms with Crippen LogP contribution in [0, 0.1) is 18.3 Å². The lowest BCUT2D eigenvalue weighted by Gasteiger charge is -2.05. The topological polar surface area (TPSA) is 40.9 Å². The Kier molecular flexibility index (Phi) is 2.69. The van der Waals surface area contributed by atoms with Gasteiger partial charge >= 0.3 is 0 Å². The van der Waals surface area contributed by atoms with Crippen molar-refractivity contribution < 1.29 is 4.79 Å². The van der Waals surface area contributed by atoms with E-state index in [1.165, 1.54) is 6.92 Å². The second-order valence-electron chi connectivity index (χ2n) is 2.79. The Balaban J connectivity index is 3.50. The molecule has 13 heavy (non-hydrogen) atoms. The average Bonchev–Trinajstić information content (AvgIpc) is 2.04. The van der Waals surface area contributed by atoms with Crippen LogP contribution in [0.3, 0.4) is 0 Å². The fourth-order valence-electron chi connectivity index (χ4n) is 1.19. The Morgan fingerprint density at radius 2 is 2.15 bits per heavy atom. The van der Waals surface area contributed by atoms with Gasteiger partial charge in [0.25, 0.3) is 0 Å². The van der Waals surface area contributed by atoms with E-state index in [0.717, 1.165) is 5.56 Å². The summed E-state index contributed by atoms with van der Waals surface area (Å²) in [4.78, 5) is 11.2. The first-order valence-corrected chi connectivity index (χ1v) is 4.16. The largest absolute Gasteiger partial charge is 0.294 e. The van der Waals surface area contributed by atoms with Gasteiger partial charge in [0.1, 0.15) is 6.07 Å². The van der Waals surface area contributed by atoms with E-state index in [9.17, 15) is 4.79 Å². The number of Topliss-reactive ketones (excluding diaryl/α,β-unsaturated/α-hetero) is 1. The zero-order valence-electron chi connectivity index (χ0n) is 7.39. The summed E-state index contributed by atoms with van der Waals surface area (Å²) in [6.07, 6.45) is 0. The zero-order chi connectivity index (χ0) is 10.0. The molecule has 0 atom stereocenters. The normalized spacial score (nSPS) is 9.38. The Morgan fingerprint density at radius 1 is 1.54 bits per heavy atom. The molecule has 0 N–H and O–H groups in total. The smallest absolute Gasteiger partial charge is 0.161 e. The highest BCUT2D eigenvalue weighted by Gasteiger charge is 2.12. The first-order chi connectivity index (χ1) is 6.07. The Bertz CT molecular complexity index is 404. The summed E-state index contributed by atoms with van der Waals surface area (Å²) in [5, 5.41) is 8.93. The van der Waals surface area contributed by atoms with Gasteiger partial charge in [-0.1, -0.05) is 17.7 Å². The van der Waals surface area contributed by atoms with Crippen molar-refractivity contribution in [3.8, 4) is 6.07 Å². The van der Waals surface area contributed by atoms with Crippen molar-refractivity contribution in [1.29, 1.82) is 5.26 Å². The number of carbonyl (C=O) groups excluding carboxylic acids is 1. The highest BCUT2D eigenvalue weighted by atomic mass is 35.5. The average molecular weight is 194 g/mol. The van der Waals surface area contributed by atoms with Crippen molar-refractivity contribution in [2.24, 2.45) is 0 Å². The molecule has 0 saturated heterocycles. The maximum atomic E-state index is 11.2. The molecular weight excluding hydrogens is 186 g/mol. The standard InChI is InChI=1S/C10H8ClNO/c1-6-3-4-8(5-12)10(11)9(6)7(2)13/h3-4H,1-2H3. The van der Waals surface area contributed by atoms with E-state index in [4.69, 9.17) is 16.9 Å². The molecule has 0 aliphatic rings. The molecule has 3 heteroatoms. The molecule has 0 unspecified atom stereocenters. The van der Waals surface area contributed by atoms with Crippen molar-refractivity contribution in [3.05, 3.63) is 33.8 Å². The lowest BCUT2D eigenvalue weighted by Crippen LogP contribution is -1.98. The molecule has 0 aliphatic heterocycles. The van der Waals surface area contributed by atoms with Gasteiger partial charge in [0.05, 0.1) is 10.6 Å². The minimum absolute atomic E-state index is 0.111. The molecule has 1 rings (SSSR count). The van der Waals surface area contributed by atoms with E-state index < -0.39 is 0 Å². The van der Waals surface area contributed by atoms with Gasteiger partial charge in [0.15, 0.2) is 5.78 Å². The van der Waals surface area contributed by atoms with Gasteiger partial charge in [-0.3, -0.25) is 4.79 Å². The number of benzene rings is 1. The van der Waals surface area contributed by atoms with E-state index in [1.807, 2.05) is 6.07 Å². The summed E-state index contributed by atoms with van der Waals surface area (Å²) >= 11 is 5.87. The minimum Gasteiger partial charge on any atom is -0.294 e. The van der Waals surface area contributed by atoms with Crippen LogP contribution in [0.15, 0.2) is 12.1 Å². The number of hydrogen-bond donors (Lipinski definition) is 0. The second kappa shape index (κ2) is 3.59. The van der Waals surface area contributed by atoms with Crippen molar-refractivity contribution in [2.75, 3.05) is 0 Å². The summed E-state index contributed by atoms with van der Waals surface area (Å²) in [5.41, 5.74) is 1.59. The molecule has 0 radical (unpaired) electrons. The van der Waals surface area contributed by atoms with Crippen LogP contribution < -0.4 is 0 Å². The fourth-order valence-corrected chi connectivity index (χ4v) is 1.58. The molecule has 0 saturated carbocycles. The minimum atomic E-state index is -0.111. The Hall–Kier alpha value is -1.33. The number of halogens is 1. The molecule has 0 bridgehead atoms. The van der Waals surface area contributed by atoms with Crippen LogP contribution in [0.2, 0.25) is 5.02 Å². The number of rotatable bonds is 1. The van der Waals surface area contributed by atoms with Crippen LogP contribution in [-0.4, -0.2) is 5.78 Å². The molecule has 0 amide bonds. The van der Waals surface area contributed by atoms with Gasteiger partial charge in [0, 0.05) is 5.56 Å². The zero-order valence-corrected chi connectivity index (χ0v) is 8.14. The summed E-state index contributed by atoms with van der Waals surface area (Å²) in [6.45, 7) is 3.24. The molecule has 0 aliphatic carbocycles. The van der Waals surface area contributed by atoms with E-state index in [1.54, 1.807) is 19.1 Å². The van der Waals surface area contributed by atoms with Gasteiger partial charge in [0.2, 0.25) is 0 Å². The molecular formula is C10H8ClNO. The first kappa shape index (κ1) is 9.76. The van der Waals surface area contributed by atoms with Crippen LogP contribution in [0.4, 0.5) is 0 Å². The predicted molar refractivity (Wildman–Crippen MR) is 50.9 cm³/mol. The monoisotopic (exact) mass is 193 g/mol. The number of nitrogens with zero attached hydrogens (tertiary/aromatic N) is 1. The van der Waals surface area contributed by atoms with Crippen LogP contribution in [0.5, 0.6) is 0 Å². The molecule has 0 aromatic heterocycles. The molecule has 66 valence electrons. The third-order valence-corrected chi connectivity index (χ3v) is 2.22. The number of nitriles is 1. The molecule has 1 aromatic rings. The highest BCUT2D eigenvalue weighted by molar-refractivity contribution is 6.35. The van der Waals surface area contributed by atoms with Gasteiger partial charge in [-0.2, -0.15) is 5.26 Å². The number of ketones is 1. The first-order valence-electron chi connectivity index (χ1n) is 3.78. The fraction of sp³-hybridized carbons (Fsp3) is 0.200. The van der Waals surface area contributed by atoms with E-state index in [2.05, 4.69) is 0 Å². The third-order valence-electron chi connectivity index (χ3n) is 1.82. The van der Waals surface area contributed by atoms with E-state index in [-0.39, 0.29) is 10.8 Å². The number of hydrogen-bond acceptors (Lipinski definition) is 2. The van der Waals surface area contributed by atoms with Gasteiger partial charge < -0.3 is 0 Å². The van der Waals surface area contributed by atoms with E-state index in [0.29, 0.717) is 11.1 Å². The van der Waals surface area contributed by atoms with E-state index >= 15 is 0 Å². The molecule has 1 aromatic carbocycles. The summed E-state index contributed by atoms with van der Waals surface area (Å²) in [5.74, 6) is -0.111. The number of aryl methyl sites for hydroxylation is 1. The third kappa shape index (κ3) is 1.71. The van der Waals surface area contributed by atoms with Crippen molar-refractivity contribution in [3.63, 3.8) is 0 Å². The Labute approximate surface area is 81.7 Å². The van der Waals surface area contributed by atoms with Crippen molar-refractivity contribution >= 4 is 17.4 Å². The number of carbonyl (C=O) groups is 1. The van der Waals surface area contributed by atoms with Crippen molar-refractivity contribution in [2.45, 2.75) is 13.8 Å². The summed E-state index contributed by atoms with van der Waals surface area (Å²) < 4.78 is 0. The van der Waals surface area contributed by atoms with Gasteiger partial charge in [-0.15, -0.1) is 0 Å². The van der Waals surface area contributed by atoms with Crippen LogP contribution in [-0.2, 0) is 0 Å². The van der Waals surface area contributed by atoms with Crippen LogP contribution in [0.1, 0.15) is 28.4 Å². The summed E-state index contributed by atoms with van der Waals surface area (Å²) in [7, 11) is 0. The van der Waals surface area contributed by atoms with Crippen LogP contribution in [0.25, 0.3) is 0 Å². The quantitative estimate of drug-likeness (QED) is 0.644. The van der Waals surface area contributed by atoms with Crippen LogP contribution >= 0.6 is 11.6 Å². The maximum Gasteiger partial charge on any atom is 0.161 e.